The number of rotatable bonds is 4. The zero-order valence-corrected chi connectivity index (χ0v) is 14.7. The number of nitrogens with one attached hydrogen (secondary N) is 2. The standard InChI is InChI=1S/C19H18ClN3O2/c1-13(11-12-15-7-4-3-5-8-15)22-23-19(25)18(24)21-17-10-6-9-16(20)14(17)2/h3-12H,1-2H3,(H,21,24)(H,23,25)/b12-11+,22-13-. The van der Waals surface area contributed by atoms with Gasteiger partial charge in [0.1, 0.15) is 0 Å². The number of hydrazone groups is 1. The van der Waals surface area contributed by atoms with E-state index in [1.54, 1.807) is 38.1 Å². The summed E-state index contributed by atoms with van der Waals surface area (Å²) in [6.45, 7) is 3.48. The molecule has 2 aromatic carbocycles. The zero-order chi connectivity index (χ0) is 18.2. The van der Waals surface area contributed by atoms with Crippen LogP contribution < -0.4 is 10.7 Å². The molecule has 0 saturated carbocycles. The summed E-state index contributed by atoms with van der Waals surface area (Å²) >= 11 is 5.98. The summed E-state index contributed by atoms with van der Waals surface area (Å²) in [5.74, 6) is -1.67. The van der Waals surface area contributed by atoms with Crippen LogP contribution in [0.1, 0.15) is 18.1 Å². The van der Waals surface area contributed by atoms with Crippen LogP contribution in [0.4, 0.5) is 5.69 Å². The molecule has 2 aromatic rings. The number of carbonyl (C=O) groups is 2. The SMILES string of the molecule is CC(/C=C/c1ccccc1)=N/NC(=O)C(=O)Nc1cccc(Cl)c1C. The molecule has 128 valence electrons. The molecule has 0 aliphatic rings. The molecule has 0 spiro atoms. The van der Waals surface area contributed by atoms with Crippen molar-refractivity contribution in [1.82, 2.24) is 5.43 Å². The molecule has 0 heterocycles. The largest absolute Gasteiger partial charge is 0.329 e. The van der Waals surface area contributed by atoms with Gasteiger partial charge in [0.15, 0.2) is 0 Å². The first-order valence-corrected chi connectivity index (χ1v) is 7.99. The first-order valence-electron chi connectivity index (χ1n) is 7.61. The predicted molar refractivity (Wildman–Crippen MR) is 102 cm³/mol. The maximum atomic E-state index is 11.9. The highest BCUT2D eigenvalue weighted by Crippen LogP contribution is 2.22. The van der Waals surface area contributed by atoms with Crippen LogP contribution in [0.3, 0.4) is 0 Å². The lowest BCUT2D eigenvalue weighted by molar-refractivity contribution is -0.136. The van der Waals surface area contributed by atoms with Crippen molar-refractivity contribution in [2.45, 2.75) is 13.8 Å². The first kappa shape index (κ1) is 18.4. The number of allylic oxidation sites excluding steroid dienone is 1. The molecule has 0 atom stereocenters. The molecule has 0 unspecified atom stereocenters. The number of halogens is 1. The Morgan fingerprint density at radius 3 is 2.48 bits per heavy atom. The minimum absolute atomic E-state index is 0.484. The molecular weight excluding hydrogens is 338 g/mol. The molecule has 2 rings (SSSR count). The fourth-order valence-electron chi connectivity index (χ4n) is 1.93. The van der Waals surface area contributed by atoms with Crippen molar-refractivity contribution in [2.24, 2.45) is 5.10 Å². The van der Waals surface area contributed by atoms with Crippen LogP contribution in [0.2, 0.25) is 5.02 Å². The van der Waals surface area contributed by atoms with Gasteiger partial charge >= 0.3 is 11.8 Å². The smallest absolute Gasteiger partial charge is 0.317 e. The molecular formula is C19H18ClN3O2. The Bertz CT molecular complexity index is 830. The van der Waals surface area contributed by atoms with Gasteiger partial charge in [0.05, 0.1) is 5.71 Å². The number of hydrogen-bond donors (Lipinski definition) is 2. The Balaban J connectivity index is 1.93. The first-order chi connectivity index (χ1) is 12.0. The summed E-state index contributed by atoms with van der Waals surface area (Å²) in [6.07, 6.45) is 3.61. The molecule has 2 amide bonds. The van der Waals surface area contributed by atoms with Crippen molar-refractivity contribution in [2.75, 3.05) is 5.32 Å². The van der Waals surface area contributed by atoms with Crippen molar-refractivity contribution < 1.29 is 9.59 Å². The monoisotopic (exact) mass is 355 g/mol. The highest BCUT2D eigenvalue weighted by Gasteiger charge is 2.14. The van der Waals surface area contributed by atoms with Gasteiger partial charge in [-0.2, -0.15) is 5.10 Å². The molecule has 5 nitrogen and oxygen atoms in total. The van der Waals surface area contributed by atoms with E-state index in [0.29, 0.717) is 22.0 Å². The third kappa shape index (κ3) is 5.58. The Hall–Kier alpha value is -2.92. The summed E-state index contributed by atoms with van der Waals surface area (Å²) < 4.78 is 0. The zero-order valence-electron chi connectivity index (χ0n) is 13.9. The van der Waals surface area contributed by atoms with Gasteiger partial charge in [-0.25, -0.2) is 5.43 Å². The predicted octanol–water partition coefficient (Wildman–Crippen LogP) is 3.79. The molecule has 0 fully saturated rings. The Morgan fingerprint density at radius 1 is 1.04 bits per heavy atom. The van der Waals surface area contributed by atoms with Gasteiger partial charge in [-0.05, 0) is 43.2 Å². The normalized spacial score (nSPS) is 11.4. The topological polar surface area (TPSA) is 70.6 Å². The molecule has 0 aliphatic heterocycles. The maximum Gasteiger partial charge on any atom is 0.329 e. The van der Waals surface area contributed by atoms with Crippen molar-refractivity contribution >= 4 is 40.9 Å². The Labute approximate surface area is 151 Å². The van der Waals surface area contributed by atoms with Gasteiger partial charge in [0, 0.05) is 10.7 Å². The van der Waals surface area contributed by atoms with Crippen LogP contribution in [0.15, 0.2) is 59.7 Å². The van der Waals surface area contributed by atoms with Crippen molar-refractivity contribution in [3.05, 3.63) is 70.8 Å². The lowest BCUT2D eigenvalue weighted by Crippen LogP contribution is -2.33. The minimum Gasteiger partial charge on any atom is -0.317 e. The number of benzene rings is 2. The van der Waals surface area contributed by atoms with Gasteiger partial charge in [-0.15, -0.1) is 0 Å². The molecule has 0 aromatic heterocycles. The van der Waals surface area contributed by atoms with Crippen molar-refractivity contribution in [3.8, 4) is 0 Å². The van der Waals surface area contributed by atoms with Gasteiger partial charge in [-0.3, -0.25) is 9.59 Å². The number of carbonyl (C=O) groups excluding carboxylic acids is 2. The molecule has 0 aliphatic carbocycles. The van der Waals surface area contributed by atoms with E-state index in [1.165, 1.54) is 0 Å². The second-order valence-electron chi connectivity index (χ2n) is 5.30. The summed E-state index contributed by atoms with van der Waals surface area (Å²) in [4.78, 5) is 23.7. The second-order valence-corrected chi connectivity index (χ2v) is 5.71. The second kappa shape index (κ2) is 8.80. The van der Waals surface area contributed by atoms with Gasteiger partial charge in [0.25, 0.3) is 0 Å². The van der Waals surface area contributed by atoms with Gasteiger partial charge < -0.3 is 5.32 Å². The van der Waals surface area contributed by atoms with Crippen LogP contribution in [0.25, 0.3) is 6.08 Å². The van der Waals surface area contributed by atoms with E-state index in [4.69, 9.17) is 11.6 Å². The quantitative estimate of drug-likeness (QED) is 0.497. The number of anilines is 1. The lowest BCUT2D eigenvalue weighted by Gasteiger charge is -2.08. The summed E-state index contributed by atoms with van der Waals surface area (Å²) in [7, 11) is 0. The Kier molecular flexibility index (Phi) is 6.48. The van der Waals surface area contributed by atoms with E-state index in [-0.39, 0.29) is 0 Å². The molecule has 0 radical (unpaired) electrons. The minimum atomic E-state index is -0.855. The summed E-state index contributed by atoms with van der Waals surface area (Å²) in [6, 6.07) is 14.7. The van der Waals surface area contributed by atoms with E-state index in [1.807, 2.05) is 36.4 Å². The molecule has 2 N–H and O–H groups in total. The fourth-order valence-corrected chi connectivity index (χ4v) is 2.10. The Morgan fingerprint density at radius 2 is 1.76 bits per heavy atom. The van der Waals surface area contributed by atoms with E-state index in [2.05, 4.69) is 15.8 Å². The maximum absolute atomic E-state index is 11.9. The van der Waals surface area contributed by atoms with Gasteiger partial charge in [0.2, 0.25) is 0 Å². The summed E-state index contributed by atoms with van der Waals surface area (Å²) in [5, 5.41) is 6.91. The molecule has 0 saturated heterocycles. The average molecular weight is 356 g/mol. The summed E-state index contributed by atoms with van der Waals surface area (Å²) in [5.41, 5.74) is 4.97. The van der Waals surface area contributed by atoms with E-state index < -0.39 is 11.8 Å². The van der Waals surface area contributed by atoms with Crippen LogP contribution in [0, 0.1) is 6.92 Å². The fraction of sp³-hybridized carbons (Fsp3) is 0.105. The highest BCUT2D eigenvalue weighted by molar-refractivity contribution is 6.40. The van der Waals surface area contributed by atoms with Crippen LogP contribution >= 0.6 is 11.6 Å². The lowest BCUT2D eigenvalue weighted by atomic mass is 10.2. The van der Waals surface area contributed by atoms with Crippen molar-refractivity contribution in [1.29, 1.82) is 0 Å². The highest BCUT2D eigenvalue weighted by atomic mass is 35.5. The molecule has 0 bridgehead atoms. The van der Waals surface area contributed by atoms with E-state index in [0.717, 1.165) is 5.56 Å². The number of hydrogen-bond acceptors (Lipinski definition) is 3. The van der Waals surface area contributed by atoms with Crippen molar-refractivity contribution in [3.63, 3.8) is 0 Å². The third-order valence-corrected chi connectivity index (χ3v) is 3.78. The van der Waals surface area contributed by atoms with Gasteiger partial charge in [-0.1, -0.05) is 54.1 Å². The number of amides is 2. The van der Waals surface area contributed by atoms with E-state index >= 15 is 0 Å². The average Bonchev–Trinajstić information content (AvgIpc) is 2.62. The molecule has 25 heavy (non-hydrogen) atoms. The van der Waals surface area contributed by atoms with Crippen LogP contribution in [0.5, 0.6) is 0 Å². The number of nitrogens with zero attached hydrogens (tertiary/aromatic N) is 1. The van der Waals surface area contributed by atoms with E-state index in [9.17, 15) is 9.59 Å². The third-order valence-electron chi connectivity index (χ3n) is 3.37. The van der Waals surface area contributed by atoms with Crippen LogP contribution in [-0.2, 0) is 9.59 Å². The van der Waals surface area contributed by atoms with Crippen LogP contribution in [-0.4, -0.2) is 17.5 Å². The molecule has 6 heteroatoms.